The van der Waals surface area contributed by atoms with Crippen LogP contribution in [0.2, 0.25) is 0 Å². The Morgan fingerprint density at radius 3 is 2.63 bits per heavy atom. The molecule has 0 radical (unpaired) electrons. The van der Waals surface area contributed by atoms with Crippen molar-refractivity contribution in [3.05, 3.63) is 82.2 Å². The number of aromatic nitrogens is 2. The molecule has 2 heterocycles. The summed E-state index contributed by atoms with van der Waals surface area (Å²) < 4.78 is 19.3. The lowest BCUT2D eigenvalue weighted by Gasteiger charge is -2.19. The molecule has 30 heavy (non-hydrogen) atoms. The zero-order valence-corrected chi connectivity index (χ0v) is 17.6. The average molecular weight is 424 g/mol. The molecule has 5 nitrogen and oxygen atoms in total. The predicted octanol–water partition coefficient (Wildman–Crippen LogP) is 4.82. The fraction of sp³-hybridized carbons (Fsp3) is 0.217. The molecule has 4 aromatic rings. The first-order chi connectivity index (χ1) is 14.6. The third-order valence-electron chi connectivity index (χ3n) is 4.92. The third kappa shape index (κ3) is 4.42. The quantitative estimate of drug-likeness (QED) is 0.463. The number of thiophene rings is 1. The lowest BCUT2D eigenvalue weighted by atomic mass is 10.2. The number of hydrogen-bond acceptors (Lipinski definition) is 5. The predicted molar refractivity (Wildman–Crippen MR) is 118 cm³/mol. The number of benzene rings is 2. The normalized spacial score (nSPS) is 11.3. The number of hydrogen-bond donors (Lipinski definition) is 1. The summed E-state index contributed by atoms with van der Waals surface area (Å²) in [5.41, 5.74) is 2.45. The summed E-state index contributed by atoms with van der Waals surface area (Å²) in [5.74, 6) is 1.14. The SMILES string of the molecule is CCN(Cc1cccc(F)c1)Cc1nc2cc(-c3ccc(OC)cc3)sc2c(=O)[nH]1. The van der Waals surface area contributed by atoms with Crippen LogP contribution in [0.5, 0.6) is 5.75 Å². The Bertz CT molecular complexity index is 1220. The Morgan fingerprint density at radius 1 is 1.13 bits per heavy atom. The van der Waals surface area contributed by atoms with Crippen molar-refractivity contribution >= 4 is 21.6 Å². The van der Waals surface area contributed by atoms with E-state index in [4.69, 9.17) is 4.74 Å². The molecule has 0 aliphatic rings. The van der Waals surface area contributed by atoms with Gasteiger partial charge in [-0.1, -0.05) is 19.1 Å². The molecule has 4 rings (SSSR count). The maximum atomic E-state index is 13.5. The molecule has 154 valence electrons. The van der Waals surface area contributed by atoms with Crippen LogP contribution >= 0.6 is 11.3 Å². The van der Waals surface area contributed by atoms with Gasteiger partial charge in [0.25, 0.3) is 5.56 Å². The van der Waals surface area contributed by atoms with Gasteiger partial charge in [-0.2, -0.15) is 0 Å². The number of methoxy groups -OCH3 is 1. The smallest absolute Gasteiger partial charge is 0.268 e. The van der Waals surface area contributed by atoms with Crippen LogP contribution in [0.3, 0.4) is 0 Å². The minimum absolute atomic E-state index is 0.137. The highest BCUT2D eigenvalue weighted by Crippen LogP contribution is 2.31. The second-order valence-electron chi connectivity index (χ2n) is 7.00. The van der Waals surface area contributed by atoms with Crippen molar-refractivity contribution in [3.63, 3.8) is 0 Å². The molecule has 0 amide bonds. The van der Waals surface area contributed by atoms with Crippen molar-refractivity contribution in [2.45, 2.75) is 20.0 Å². The van der Waals surface area contributed by atoms with E-state index in [0.717, 1.165) is 28.3 Å². The molecule has 0 saturated carbocycles. The van der Waals surface area contributed by atoms with Gasteiger partial charge in [0.1, 0.15) is 22.1 Å². The van der Waals surface area contributed by atoms with Crippen LogP contribution in [0.15, 0.2) is 59.4 Å². The van der Waals surface area contributed by atoms with Crippen molar-refractivity contribution in [2.24, 2.45) is 0 Å². The van der Waals surface area contributed by atoms with Gasteiger partial charge in [0.15, 0.2) is 0 Å². The first-order valence-corrected chi connectivity index (χ1v) is 10.5. The standard InChI is InChI=1S/C23H22FN3O2S/c1-3-27(13-15-5-4-6-17(24)11-15)14-21-25-19-12-20(30-22(19)23(28)26-21)16-7-9-18(29-2)10-8-16/h4-12H,3,13-14H2,1-2H3,(H,25,26,28). The van der Waals surface area contributed by atoms with E-state index >= 15 is 0 Å². The summed E-state index contributed by atoms with van der Waals surface area (Å²) in [7, 11) is 1.63. The van der Waals surface area contributed by atoms with Gasteiger partial charge in [-0.25, -0.2) is 9.37 Å². The van der Waals surface area contributed by atoms with E-state index < -0.39 is 0 Å². The second kappa shape index (κ2) is 8.77. The highest BCUT2D eigenvalue weighted by atomic mass is 32.1. The Hall–Kier alpha value is -3.03. The average Bonchev–Trinajstić information content (AvgIpc) is 3.18. The highest BCUT2D eigenvalue weighted by molar-refractivity contribution is 7.22. The maximum absolute atomic E-state index is 13.5. The zero-order valence-electron chi connectivity index (χ0n) is 16.8. The number of ether oxygens (including phenoxy) is 1. The molecule has 0 atom stereocenters. The summed E-state index contributed by atoms with van der Waals surface area (Å²) in [4.78, 5) is 23.3. The number of H-pyrrole nitrogens is 1. The lowest BCUT2D eigenvalue weighted by Crippen LogP contribution is -2.25. The molecular formula is C23H22FN3O2S. The number of nitrogens with one attached hydrogen (secondary N) is 1. The number of halogens is 1. The van der Waals surface area contributed by atoms with Crippen LogP contribution < -0.4 is 10.3 Å². The minimum atomic E-state index is -0.249. The maximum Gasteiger partial charge on any atom is 0.268 e. The summed E-state index contributed by atoms with van der Waals surface area (Å²) in [5, 5.41) is 0. The van der Waals surface area contributed by atoms with E-state index in [1.165, 1.54) is 23.5 Å². The fourth-order valence-corrected chi connectivity index (χ4v) is 4.34. The van der Waals surface area contributed by atoms with Crippen LogP contribution in [0, 0.1) is 5.82 Å². The van der Waals surface area contributed by atoms with Gasteiger partial charge in [-0.05, 0) is 60.1 Å². The second-order valence-corrected chi connectivity index (χ2v) is 8.05. The molecule has 0 aliphatic heterocycles. The zero-order chi connectivity index (χ0) is 21.1. The Labute approximate surface area is 177 Å². The lowest BCUT2D eigenvalue weighted by molar-refractivity contribution is 0.264. The summed E-state index contributed by atoms with van der Waals surface area (Å²) in [6, 6.07) is 16.2. The highest BCUT2D eigenvalue weighted by Gasteiger charge is 2.13. The van der Waals surface area contributed by atoms with E-state index in [-0.39, 0.29) is 11.4 Å². The Kier molecular flexibility index (Phi) is 5.92. The van der Waals surface area contributed by atoms with Gasteiger partial charge in [-0.3, -0.25) is 9.69 Å². The monoisotopic (exact) mass is 423 g/mol. The number of rotatable bonds is 7. The van der Waals surface area contributed by atoms with E-state index in [2.05, 4.69) is 14.9 Å². The van der Waals surface area contributed by atoms with Crippen LogP contribution in [0.1, 0.15) is 18.3 Å². The van der Waals surface area contributed by atoms with Crippen molar-refractivity contribution < 1.29 is 9.13 Å². The molecule has 0 bridgehead atoms. The topological polar surface area (TPSA) is 58.2 Å². The Morgan fingerprint density at radius 2 is 1.93 bits per heavy atom. The van der Waals surface area contributed by atoms with Crippen molar-refractivity contribution in [1.29, 1.82) is 0 Å². The first kappa shape index (κ1) is 20.3. The number of aromatic amines is 1. The van der Waals surface area contributed by atoms with Crippen molar-refractivity contribution in [1.82, 2.24) is 14.9 Å². The largest absolute Gasteiger partial charge is 0.497 e. The van der Waals surface area contributed by atoms with E-state index in [1.54, 1.807) is 13.2 Å². The molecule has 0 aliphatic carbocycles. The van der Waals surface area contributed by atoms with Crippen molar-refractivity contribution in [2.75, 3.05) is 13.7 Å². The van der Waals surface area contributed by atoms with Gasteiger partial charge in [-0.15, -0.1) is 11.3 Å². The first-order valence-electron chi connectivity index (χ1n) is 9.69. The third-order valence-corrected chi connectivity index (χ3v) is 6.09. The number of nitrogens with zero attached hydrogens (tertiary/aromatic N) is 2. The molecule has 7 heteroatoms. The van der Waals surface area contributed by atoms with Gasteiger partial charge in [0, 0.05) is 11.4 Å². The van der Waals surface area contributed by atoms with Crippen LogP contribution in [-0.2, 0) is 13.1 Å². The van der Waals surface area contributed by atoms with Crippen LogP contribution in [0.4, 0.5) is 4.39 Å². The number of fused-ring (bicyclic) bond motifs is 1. The molecule has 2 aromatic heterocycles. The molecule has 0 fully saturated rings. The summed E-state index contributed by atoms with van der Waals surface area (Å²) >= 11 is 1.43. The van der Waals surface area contributed by atoms with E-state index in [1.807, 2.05) is 43.3 Å². The Balaban J connectivity index is 1.59. The minimum Gasteiger partial charge on any atom is -0.497 e. The van der Waals surface area contributed by atoms with Crippen molar-refractivity contribution in [3.8, 4) is 16.2 Å². The van der Waals surface area contributed by atoms with E-state index in [9.17, 15) is 9.18 Å². The van der Waals surface area contributed by atoms with E-state index in [0.29, 0.717) is 29.1 Å². The molecule has 1 N–H and O–H groups in total. The molecule has 0 unspecified atom stereocenters. The van der Waals surface area contributed by atoms with Gasteiger partial charge >= 0.3 is 0 Å². The van der Waals surface area contributed by atoms with Gasteiger partial charge in [0.2, 0.25) is 0 Å². The molecule has 0 spiro atoms. The summed E-state index contributed by atoms with van der Waals surface area (Å²) in [6.07, 6.45) is 0. The molecule has 0 saturated heterocycles. The summed E-state index contributed by atoms with van der Waals surface area (Å²) in [6.45, 7) is 3.84. The van der Waals surface area contributed by atoms with Crippen LogP contribution in [-0.4, -0.2) is 28.5 Å². The fourth-order valence-electron chi connectivity index (χ4n) is 3.35. The van der Waals surface area contributed by atoms with Gasteiger partial charge in [0.05, 0.1) is 19.2 Å². The van der Waals surface area contributed by atoms with Crippen LogP contribution in [0.25, 0.3) is 20.7 Å². The molecular weight excluding hydrogens is 401 g/mol. The van der Waals surface area contributed by atoms with Gasteiger partial charge < -0.3 is 9.72 Å². The molecule has 2 aromatic carbocycles.